The van der Waals surface area contributed by atoms with E-state index in [1.165, 1.54) is 10.0 Å². The molecular formula is C33H32N4O4. The van der Waals surface area contributed by atoms with Crippen LogP contribution in [0, 0.1) is 5.41 Å². The molecule has 0 radical (unpaired) electrons. The Morgan fingerprint density at radius 2 is 1.37 bits per heavy atom. The van der Waals surface area contributed by atoms with Crippen molar-refractivity contribution in [1.29, 1.82) is 0 Å². The summed E-state index contributed by atoms with van der Waals surface area (Å²) in [5, 5.41) is 5.97. The summed E-state index contributed by atoms with van der Waals surface area (Å²) in [6, 6.07) is 27.4. The summed E-state index contributed by atoms with van der Waals surface area (Å²) in [7, 11) is 1.56. The van der Waals surface area contributed by atoms with Gasteiger partial charge in [0, 0.05) is 18.0 Å². The number of hydrazine groups is 1. The van der Waals surface area contributed by atoms with Crippen LogP contribution >= 0.6 is 0 Å². The fraction of sp³-hybridized carbons (Fsp3) is 0.212. The van der Waals surface area contributed by atoms with E-state index in [0.717, 1.165) is 6.42 Å². The van der Waals surface area contributed by atoms with Crippen molar-refractivity contribution in [3.63, 3.8) is 0 Å². The van der Waals surface area contributed by atoms with Crippen molar-refractivity contribution >= 4 is 29.1 Å². The van der Waals surface area contributed by atoms with E-state index in [1.807, 2.05) is 43.3 Å². The molecule has 1 aromatic heterocycles. The van der Waals surface area contributed by atoms with Gasteiger partial charge < -0.3 is 10.1 Å². The van der Waals surface area contributed by atoms with Crippen LogP contribution < -0.4 is 20.1 Å². The number of carbonyl (C=O) groups is 3. The third-order valence-electron chi connectivity index (χ3n) is 7.43. The molecule has 0 saturated carbocycles. The number of ether oxygens (including phenoxy) is 1. The van der Waals surface area contributed by atoms with Crippen molar-refractivity contribution < 1.29 is 19.1 Å². The van der Waals surface area contributed by atoms with Gasteiger partial charge in [-0.25, -0.2) is 10.0 Å². The predicted molar refractivity (Wildman–Crippen MR) is 157 cm³/mol. The highest BCUT2D eigenvalue weighted by Crippen LogP contribution is 2.49. The van der Waals surface area contributed by atoms with Gasteiger partial charge in [0.25, 0.3) is 17.7 Å². The third-order valence-corrected chi connectivity index (χ3v) is 7.43. The Hall–Kier alpha value is -4.98. The summed E-state index contributed by atoms with van der Waals surface area (Å²) in [5.74, 6) is -0.592. The van der Waals surface area contributed by atoms with Crippen molar-refractivity contribution in [3.8, 4) is 5.75 Å². The maximum Gasteiger partial charge on any atom is 0.264 e. The summed E-state index contributed by atoms with van der Waals surface area (Å²) in [6.45, 7) is 2.01. The number of benzene rings is 3. The Kier molecular flexibility index (Phi) is 8.10. The summed E-state index contributed by atoms with van der Waals surface area (Å²) in [5.41, 5.74) is 0.493. The van der Waals surface area contributed by atoms with Crippen LogP contribution in [0.1, 0.15) is 48.1 Å². The van der Waals surface area contributed by atoms with E-state index in [9.17, 15) is 14.4 Å². The van der Waals surface area contributed by atoms with Gasteiger partial charge in [0.15, 0.2) is 5.41 Å². The Labute approximate surface area is 239 Å². The van der Waals surface area contributed by atoms with Crippen LogP contribution in [0.2, 0.25) is 0 Å². The van der Waals surface area contributed by atoms with Gasteiger partial charge in [-0.05, 0) is 72.6 Å². The lowest BCUT2D eigenvalue weighted by atomic mass is 9.72. The smallest absolute Gasteiger partial charge is 0.264 e. The predicted octanol–water partition coefficient (Wildman–Crippen LogP) is 5.73. The number of amides is 3. The Bertz CT molecular complexity index is 1440. The first-order chi connectivity index (χ1) is 20.0. The van der Waals surface area contributed by atoms with Gasteiger partial charge >= 0.3 is 0 Å². The van der Waals surface area contributed by atoms with Crippen molar-refractivity contribution in [2.45, 2.75) is 32.2 Å². The molecule has 1 atom stereocenters. The molecule has 2 heterocycles. The number of nitrogens with one attached hydrogen (secondary N) is 1. The minimum atomic E-state index is -1.62. The van der Waals surface area contributed by atoms with E-state index in [4.69, 9.17) is 4.74 Å². The zero-order chi connectivity index (χ0) is 28.8. The van der Waals surface area contributed by atoms with E-state index < -0.39 is 29.2 Å². The largest absolute Gasteiger partial charge is 0.497 e. The highest BCUT2D eigenvalue weighted by Gasteiger charge is 2.63. The molecule has 3 aromatic carbocycles. The molecule has 1 N–H and O–H groups in total. The molecule has 5 rings (SSSR count). The lowest BCUT2D eigenvalue weighted by molar-refractivity contribution is -0.137. The van der Waals surface area contributed by atoms with Crippen molar-refractivity contribution in [1.82, 2.24) is 10.3 Å². The molecule has 1 unspecified atom stereocenters. The van der Waals surface area contributed by atoms with Crippen molar-refractivity contribution in [3.05, 3.63) is 121 Å². The first kappa shape index (κ1) is 27.6. The van der Waals surface area contributed by atoms with Crippen molar-refractivity contribution in [2.75, 3.05) is 17.1 Å². The van der Waals surface area contributed by atoms with E-state index in [1.54, 1.807) is 80.2 Å². The molecule has 4 aromatic rings. The maximum atomic E-state index is 14.8. The number of pyridine rings is 1. The van der Waals surface area contributed by atoms with Gasteiger partial charge in [-0.2, -0.15) is 0 Å². The fourth-order valence-corrected chi connectivity index (χ4v) is 5.32. The number of nitrogens with zero attached hydrogens (tertiary/aromatic N) is 3. The molecule has 8 nitrogen and oxygen atoms in total. The van der Waals surface area contributed by atoms with Crippen LogP contribution in [-0.4, -0.2) is 29.8 Å². The lowest BCUT2D eigenvalue weighted by Crippen LogP contribution is -2.49. The number of carbonyl (C=O) groups excluding carboxylic acids is 3. The van der Waals surface area contributed by atoms with Gasteiger partial charge in [-0.3, -0.25) is 19.4 Å². The van der Waals surface area contributed by atoms with Gasteiger partial charge in [0.1, 0.15) is 5.75 Å². The summed E-state index contributed by atoms with van der Waals surface area (Å²) < 4.78 is 5.24. The zero-order valence-corrected chi connectivity index (χ0v) is 23.1. The first-order valence-electron chi connectivity index (χ1n) is 13.6. The minimum Gasteiger partial charge on any atom is -0.497 e. The van der Waals surface area contributed by atoms with E-state index >= 15 is 0 Å². The molecular weight excluding hydrogens is 516 g/mol. The molecule has 41 heavy (non-hydrogen) atoms. The van der Waals surface area contributed by atoms with Crippen molar-refractivity contribution in [2.24, 2.45) is 5.41 Å². The molecule has 1 fully saturated rings. The number of aromatic nitrogens is 1. The monoisotopic (exact) mass is 548 g/mol. The molecule has 0 aliphatic carbocycles. The highest BCUT2D eigenvalue weighted by molar-refractivity contribution is 6.27. The average molecular weight is 549 g/mol. The molecule has 0 spiro atoms. The van der Waals surface area contributed by atoms with Crippen LogP contribution in [-0.2, 0) is 9.59 Å². The Balaban J connectivity index is 1.68. The van der Waals surface area contributed by atoms with Crippen LogP contribution in [0.25, 0.3) is 0 Å². The molecule has 0 bridgehead atoms. The Morgan fingerprint density at radius 3 is 1.85 bits per heavy atom. The average Bonchev–Trinajstić information content (AvgIpc) is 3.26. The number of unbranched alkanes of at least 4 members (excludes halogenated alkanes) is 1. The molecule has 1 saturated heterocycles. The molecule has 1 aliphatic rings. The first-order valence-corrected chi connectivity index (χ1v) is 13.6. The second-order valence-electron chi connectivity index (χ2n) is 9.90. The zero-order valence-electron chi connectivity index (χ0n) is 23.1. The number of hydrogen-bond acceptors (Lipinski definition) is 5. The number of hydrogen-bond donors (Lipinski definition) is 1. The van der Waals surface area contributed by atoms with E-state index in [0.29, 0.717) is 34.7 Å². The highest BCUT2D eigenvalue weighted by atomic mass is 16.5. The van der Waals surface area contributed by atoms with E-state index in [-0.39, 0.29) is 6.42 Å². The second-order valence-corrected chi connectivity index (χ2v) is 9.90. The topological polar surface area (TPSA) is 91.8 Å². The number of para-hydroxylation sites is 2. The minimum absolute atomic E-state index is 0.240. The van der Waals surface area contributed by atoms with E-state index in [2.05, 4.69) is 10.3 Å². The van der Waals surface area contributed by atoms with Crippen LogP contribution in [0.3, 0.4) is 0 Å². The normalized spacial score (nSPS) is 15.1. The summed E-state index contributed by atoms with van der Waals surface area (Å²) in [4.78, 5) is 47.5. The molecule has 208 valence electrons. The van der Waals surface area contributed by atoms with Gasteiger partial charge in [0.05, 0.1) is 24.5 Å². The Morgan fingerprint density at radius 1 is 0.829 bits per heavy atom. The van der Waals surface area contributed by atoms with Gasteiger partial charge in [0.2, 0.25) is 0 Å². The third kappa shape index (κ3) is 5.16. The molecule has 1 aliphatic heterocycles. The lowest BCUT2D eigenvalue weighted by Gasteiger charge is -2.34. The molecule has 3 amide bonds. The molecule has 8 heteroatoms. The number of rotatable bonds is 10. The van der Waals surface area contributed by atoms with Crippen LogP contribution in [0.4, 0.5) is 11.4 Å². The quantitative estimate of drug-likeness (QED) is 0.256. The van der Waals surface area contributed by atoms with Crippen LogP contribution in [0.15, 0.2) is 109 Å². The van der Waals surface area contributed by atoms with Gasteiger partial charge in [-0.1, -0.05) is 56.2 Å². The standard InChI is InChI=1S/C33H32N4O4/c1-3-4-21-33(29(24-19-22-34-23-20-24)35-30(38)25-15-17-28(41-2)18-16-25)31(39)36(26-11-7-5-8-12-26)37(32(33)40)27-13-9-6-10-14-27/h5-20,22-23,29H,3-4,21H2,1-2H3,(H,35,38). The fourth-order valence-electron chi connectivity index (χ4n) is 5.32. The summed E-state index contributed by atoms with van der Waals surface area (Å²) >= 11 is 0. The SMILES string of the molecule is CCCCC1(C(NC(=O)c2ccc(OC)cc2)c2ccncc2)C(=O)N(c2ccccc2)N(c2ccccc2)C1=O. The maximum absolute atomic E-state index is 14.8. The van der Waals surface area contributed by atoms with Crippen LogP contribution in [0.5, 0.6) is 5.75 Å². The number of anilines is 2. The second kappa shape index (κ2) is 12.0. The summed E-state index contributed by atoms with van der Waals surface area (Å²) in [6.07, 6.45) is 4.80. The number of methoxy groups -OCH3 is 1. The van der Waals surface area contributed by atoms with Gasteiger partial charge in [-0.15, -0.1) is 0 Å².